The Morgan fingerprint density at radius 1 is 1.12 bits per heavy atom. The van der Waals surface area contributed by atoms with Crippen LogP contribution >= 0.6 is 0 Å². The molecule has 0 aliphatic carbocycles. The topological polar surface area (TPSA) is 63.2 Å². The van der Waals surface area contributed by atoms with Gasteiger partial charge in [0, 0.05) is 0 Å². The first-order valence-corrected chi connectivity index (χ1v) is 0.612. The van der Waals surface area contributed by atoms with Crippen LogP contribution in [0.3, 0.4) is 0 Å². The molecule has 0 aliphatic rings. The van der Waals surface area contributed by atoms with E-state index in [1.54, 1.807) is 0 Å². The third kappa shape index (κ3) is 62.1. The van der Waals surface area contributed by atoms with Gasteiger partial charge in [0.15, 0.2) is 0 Å². The van der Waals surface area contributed by atoms with Gasteiger partial charge in [0.25, 0.3) is 0 Å². The summed E-state index contributed by atoms with van der Waals surface area (Å²) in [6.45, 7) is 0. The fourth-order valence-electron chi connectivity index (χ4n) is 0. The first-order chi connectivity index (χ1) is 1.73. The van der Waals surface area contributed by atoms with Gasteiger partial charge in [0.2, 0.25) is 0 Å². The van der Waals surface area contributed by atoms with Crippen molar-refractivity contribution in [1.82, 2.24) is 0 Å². The van der Waals surface area contributed by atoms with E-state index in [2.05, 4.69) is 0 Å². The monoisotopic (exact) mass is 138 g/mol. The molecule has 0 unspecified atom stereocenters. The average molecular weight is 138 g/mol. The Morgan fingerprint density at radius 2 is 1.12 bits per heavy atom. The Hall–Kier alpha value is 3.10. The van der Waals surface area contributed by atoms with Crippen LogP contribution in [0.2, 0.25) is 0 Å². The Morgan fingerprint density at radius 3 is 1.12 bits per heavy atom. The van der Waals surface area contributed by atoms with Crippen molar-refractivity contribution in [3.63, 3.8) is 0 Å². The van der Waals surface area contributed by atoms with Crippen molar-refractivity contribution >= 4 is 87.1 Å². The minimum absolute atomic E-state index is 0. The molecule has 0 spiro atoms. The van der Waals surface area contributed by atoms with Crippen LogP contribution in [0, 0.1) is 0 Å². The molecule has 8 heavy (non-hydrogen) atoms. The Labute approximate surface area is 136 Å². The fourth-order valence-corrected chi connectivity index (χ4v) is 0. The van der Waals surface area contributed by atoms with Crippen molar-refractivity contribution in [2.24, 2.45) is 0 Å². The van der Waals surface area contributed by atoms with E-state index in [4.69, 9.17) is 15.0 Å². The Balaban J connectivity index is -0.00000000750. The van der Waals surface area contributed by atoms with Gasteiger partial charge in [-0.2, -0.15) is 0 Å². The zero-order valence-corrected chi connectivity index (χ0v) is 3.72. The zero-order valence-electron chi connectivity index (χ0n) is 3.72. The van der Waals surface area contributed by atoms with Crippen molar-refractivity contribution in [2.45, 2.75) is 0 Å². The van der Waals surface area contributed by atoms with Crippen LogP contribution in [-0.4, -0.2) is 87.1 Å². The molecular formula is CH2KLi2NaO3. The molecule has 0 bridgehead atoms. The second-order valence-corrected chi connectivity index (χ2v) is 0.250. The van der Waals surface area contributed by atoms with E-state index >= 15 is 0 Å². The summed E-state index contributed by atoms with van der Waals surface area (Å²) in [5.41, 5.74) is 0. The quantitative estimate of drug-likeness (QED) is 0.312. The van der Waals surface area contributed by atoms with Crippen molar-refractivity contribution in [3.05, 3.63) is 0 Å². The van der Waals surface area contributed by atoms with Crippen molar-refractivity contribution in [3.8, 4) is 0 Å². The van der Waals surface area contributed by atoms with Crippen LogP contribution in [-0.2, 0) is 0 Å². The Kier molecular flexibility index (Phi) is 85.5. The van der Waals surface area contributed by atoms with Crippen LogP contribution in [0.15, 0.2) is 0 Å². The standard InChI is InChI=1S/CH2O3.K.2Li.Na.2H/c2-1(3)4;;;;;;/h(H2,2,3,4);;;;;;/q;;2*+1;;;/p-2. The van der Waals surface area contributed by atoms with Crippen LogP contribution < -0.4 is 47.9 Å². The van der Waals surface area contributed by atoms with Crippen LogP contribution in [0.25, 0.3) is 0 Å². The van der Waals surface area contributed by atoms with E-state index in [1.807, 2.05) is 0 Å². The van der Waals surface area contributed by atoms with Crippen LogP contribution in [0.1, 0.15) is 0 Å². The predicted octanol–water partition coefficient (Wildman–Crippen LogP) is -9.74. The summed E-state index contributed by atoms with van der Waals surface area (Å²) in [5, 5.41) is 16.7. The van der Waals surface area contributed by atoms with E-state index in [0.717, 1.165) is 0 Å². The molecule has 7 heteroatoms. The van der Waals surface area contributed by atoms with Crippen LogP contribution in [0.5, 0.6) is 0 Å². The third-order valence-electron chi connectivity index (χ3n) is 0. The second kappa shape index (κ2) is 22.5. The SMILES string of the molecule is O=C([O-])[O-].[KH].[Li+].[Li+].[NaH]. The van der Waals surface area contributed by atoms with Crippen molar-refractivity contribution in [1.29, 1.82) is 0 Å². The molecular weight excluding hydrogens is 136 g/mol. The van der Waals surface area contributed by atoms with Gasteiger partial charge < -0.3 is 15.0 Å². The van der Waals surface area contributed by atoms with Gasteiger partial charge in [-0.25, -0.2) is 0 Å². The van der Waals surface area contributed by atoms with E-state index < -0.39 is 6.16 Å². The molecule has 0 aromatic rings. The summed E-state index contributed by atoms with van der Waals surface area (Å²) < 4.78 is 0. The molecule has 0 heterocycles. The summed E-state index contributed by atoms with van der Waals surface area (Å²) in [7, 11) is 0. The summed E-state index contributed by atoms with van der Waals surface area (Å²) >= 11 is 0. The van der Waals surface area contributed by atoms with Gasteiger partial charge >= 0.3 is 119 Å². The molecule has 0 amide bonds. The zero-order chi connectivity index (χ0) is 3.58. The molecule has 0 fully saturated rings. The summed E-state index contributed by atoms with van der Waals surface area (Å²) in [6.07, 6.45) is -2.33. The van der Waals surface area contributed by atoms with Crippen LogP contribution in [0.4, 0.5) is 4.79 Å². The second-order valence-electron chi connectivity index (χ2n) is 0.250. The Bertz CT molecular complexity index is 40.3. The molecule has 0 saturated heterocycles. The summed E-state index contributed by atoms with van der Waals surface area (Å²) in [6, 6.07) is 0. The third-order valence-corrected chi connectivity index (χ3v) is 0. The van der Waals surface area contributed by atoms with Gasteiger partial charge in [0.05, 0.1) is 0 Å². The van der Waals surface area contributed by atoms with Gasteiger partial charge in [-0.05, 0) is 6.16 Å². The molecule has 0 atom stereocenters. The average Bonchev–Trinajstić information content (AvgIpc) is 0.811. The van der Waals surface area contributed by atoms with Crippen molar-refractivity contribution in [2.75, 3.05) is 0 Å². The number of carbonyl (C=O) groups excluding carboxylic acids is 1. The summed E-state index contributed by atoms with van der Waals surface area (Å²) in [4.78, 5) is 8.33. The molecule has 0 radical (unpaired) electrons. The van der Waals surface area contributed by atoms with Gasteiger partial charge in [-0.3, -0.25) is 0 Å². The van der Waals surface area contributed by atoms with E-state index in [0.29, 0.717) is 0 Å². The molecule has 0 rings (SSSR count). The number of hydrogen-bond acceptors (Lipinski definition) is 3. The first-order valence-electron chi connectivity index (χ1n) is 0.612. The summed E-state index contributed by atoms with van der Waals surface area (Å²) in [5.74, 6) is 0. The molecule has 0 aliphatic heterocycles. The van der Waals surface area contributed by atoms with E-state index in [9.17, 15) is 0 Å². The van der Waals surface area contributed by atoms with Gasteiger partial charge in [-0.15, -0.1) is 0 Å². The van der Waals surface area contributed by atoms with Crippen molar-refractivity contribution < 1.29 is 52.7 Å². The van der Waals surface area contributed by atoms with Gasteiger partial charge in [-0.1, -0.05) is 0 Å². The molecule has 28 valence electrons. The number of carbonyl (C=O) groups is 1. The van der Waals surface area contributed by atoms with Gasteiger partial charge in [0.1, 0.15) is 0 Å². The van der Waals surface area contributed by atoms with E-state index in [1.165, 1.54) is 0 Å². The minimum atomic E-state index is -2.33. The number of rotatable bonds is 0. The molecule has 0 aromatic carbocycles. The number of carboxylic acid groups (broad SMARTS) is 2. The number of hydrogen-bond donors (Lipinski definition) is 0. The van der Waals surface area contributed by atoms with E-state index in [-0.39, 0.29) is 119 Å². The fraction of sp³-hybridized carbons (Fsp3) is 0. The molecule has 0 saturated carbocycles. The normalized spacial score (nSPS) is 3.00. The molecule has 0 N–H and O–H groups in total. The molecule has 0 aromatic heterocycles. The first kappa shape index (κ1) is 30.4. The maximum absolute atomic E-state index is 8.33. The molecule has 3 nitrogen and oxygen atoms in total. The predicted molar refractivity (Wildman–Crippen MR) is 19.7 cm³/mol. The maximum atomic E-state index is 8.33.